The van der Waals surface area contributed by atoms with Crippen molar-refractivity contribution >= 4 is 23.4 Å². The zero-order valence-electron chi connectivity index (χ0n) is 16.8. The molecule has 148 valence electrons. The summed E-state index contributed by atoms with van der Waals surface area (Å²) < 4.78 is 0. The van der Waals surface area contributed by atoms with E-state index in [0.717, 1.165) is 44.3 Å². The Hall–Kier alpha value is -2.37. The van der Waals surface area contributed by atoms with Crippen LogP contribution >= 0.6 is 0 Å². The van der Waals surface area contributed by atoms with E-state index in [1.807, 2.05) is 19.9 Å². The number of carbonyl (C=O) groups is 3. The monoisotopic (exact) mass is 373 g/mol. The Bertz CT molecular complexity index is 694. The molecule has 3 amide bonds. The fourth-order valence-corrected chi connectivity index (χ4v) is 3.22. The molecule has 6 heteroatoms. The van der Waals surface area contributed by atoms with Gasteiger partial charge in [0.05, 0.1) is 11.3 Å². The third kappa shape index (κ3) is 5.81. The Morgan fingerprint density at radius 2 is 1.70 bits per heavy atom. The van der Waals surface area contributed by atoms with Crippen LogP contribution in [0.4, 0.5) is 5.69 Å². The molecular formula is C21H31N3O3. The maximum absolute atomic E-state index is 12.8. The van der Waals surface area contributed by atoms with Crippen LogP contribution in [0.2, 0.25) is 0 Å². The quantitative estimate of drug-likeness (QED) is 0.752. The normalized spacial score (nSPS) is 14.9. The molecule has 0 saturated carbocycles. The molecule has 1 unspecified atom stereocenters. The first-order chi connectivity index (χ1) is 12.8. The molecule has 0 aliphatic carbocycles. The molecule has 6 nitrogen and oxygen atoms in total. The molecule has 0 bridgehead atoms. The van der Waals surface area contributed by atoms with Gasteiger partial charge in [-0.05, 0) is 57.1 Å². The van der Waals surface area contributed by atoms with Gasteiger partial charge in [-0.2, -0.15) is 0 Å². The third-order valence-electron chi connectivity index (χ3n) is 4.90. The van der Waals surface area contributed by atoms with E-state index >= 15 is 0 Å². The Morgan fingerprint density at radius 3 is 2.33 bits per heavy atom. The summed E-state index contributed by atoms with van der Waals surface area (Å²) in [5, 5.41) is 5.39. The molecule has 1 aliphatic heterocycles. The maximum Gasteiger partial charge on any atom is 0.313 e. The topological polar surface area (TPSA) is 78.5 Å². The molecule has 1 saturated heterocycles. The molecule has 1 heterocycles. The number of benzene rings is 1. The first-order valence-electron chi connectivity index (χ1n) is 9.80. The van der Waals surface area contributed by atoms with Gasteiger partial charge < -0.3 is 15.5 Å². The number of carbonyl (C=O) groups excluding carboxylic acids is 3. The number of para-hydroxylation sites is 1. The van der Waals surface area contributed by atoms with Gasteiger partial charge >= 0.3 is 11.8 Å². The van der Waals surface area contributed by atoms with Crippen molar-refractivity contribution in [2.75, 3.05) is 18.4 Å². The van der Waals surface area contributed by atoms with Crippen LogP contribution < -0.4 is 10.6 Å². The van der Waals surface area contributed by atoms with Gasteiger partial charge in [-0.15, -0.1) is 0 Å². The van der Waals surface area contributed by atoms with Crippen LogP contribution in [-0.2, 0) is 9.59 Å². The highest BCUT2D eigenvalue weighted by Crippen LogP contribution is 2.24. The van der Waals surface area contributed by atoms with Gasteiger partial charge in [-0.1, -0.05) is 26.0 Å². The maximum atomic E-state index is 12.8. The lowest BCUT2D eigenvalue weighted by molar-refractivity contribution is -0.136. The molecule has 27 heavy (non-hydrogen) atoms. The van der Waals surface area contributed by atoms with Gasteiger partial charge in [0, 0.05) is 19.1 Å². The van der Waals surface area contributed by atoms with Crippen LogP contribution in [0, 0.1) is 12.8 Å². The second-order valence-electron chi connectivity index (χ2n) is 7.80. The standard InChI is InChI=1S/C21H31N3O3/c1-14(2)10-11-16(4)22-19(25)20(26)23-18-15(3)8-7-9-17(18)21(27)24-12-5-6-13-24/h7-9,14,16H,5-6,10-13H2,1-4H3,(H,22,25)(H,23,26). The summed E-state index contributed by atoms with van der Waals surface area (Å²) in [5.74, 6) is -0.966. The first-order valence-corrected chi connectivity index (χ1v) is 9.80. The lowest BCUT2D eigenvalue weighted by Gasteiger charge is -2.19. The smallest absolute Gasteiger partial charge is 0.313 e. The Kier molecular flexibility index (Phi) is 7.39. The Morgan fingerprint density at radius 1 is 1.04 bits per heavy atom. The summed E-state index contributed by atoms with van der Waals surface area (Å²) in [6.45, 7) is 9.42. The molecule has 1 aromatic rings. The van der Waals surface area contributed by atoms with Crippen molar-refractivity contribution in [3.63, 3.8) is 0 Å². The molecule has 1 fully saturated rings. The van der Waals surface area contributed by atoms with Crippen LogP contribution in [0.15, 0.2) is 18.2 Å². The fraction of sp³-hybridized carbons (Fsp3) is 0.571. The molecule has 1 aromatic carbocycles. The van der Waals surface area contributed by atoms with Crippen LogP contribution in [0.25, 0.3) is 0 Å². The molecule has 0 spiro atoms. The van der Waals surface area contributed by atoms with E-state index in [1.165, 1.54) is 0 Å². The Labute approximate surface area is 161 Å². The number of anilines is 1. The molecular weight excluding hydrogens is 342 g/mol. The Balaban J connectivity index is 2.06. The summed E-state index contributed by atoms with van der Waals surface area (Å²) in [7, 11) is 0. The summed E-state index contributed by atoms with van der Waals surface area (Å²) >= 11 is 0. The number of nitrogens with zero attached hydrogens (tertiary/aromatic N) is 1. The SMILES string of the molecule is Cc1cccc(C(=O)N2CCCC2)c1NC(=O)C(=O)NC(C)CCC(C)C. The van der Waals surface area contributed by atoms with Gasteiger partial charge in [-0.3, -0.25) is 14.4 Å². The average molecular weight is 373 g/mol. The molecule has 2 rings (SSSR count). The third-order valence-corrected chi connectivity index (χ3v) is 4.90. The highest BCUT2D eigenvalue weighted by Gasteiger charge is 2.25. The van der Waals surface area contributed by atoms with Gasteiger partial charge in [0.2, 0.25) is 0 Å². The van der Waals surface area contributed by atoms with Crippen LogP contribution in [0.3, 0.4) is 0 Å². The summed E-state index contributed by atoms with van der Waals surface area (Å²) in [4.78, 5) is 39.2. The van der Waals surface area contributed by atoms with E-state index in [1.54, 1.807) is 17.0 Å². The number of rotatable bonds is 6. The van der Waals surface area contributed by atoms with Crippen molar-refractivity contribution in [1.29, 1.82) is 0 Å². The molecule has 1 atom stereocenters. The average Bonchev–Trinajstić information content (AvgIpc) is 3.15. The minimum absolute atomic E-state index is 0.0757. The number of aryl methyl sites for hydroxylation is 1. The van der Waals surface area contributed by atoms with E-state index in [9.17, 15) is 14.4 Å². The van der Waals surface area contributed by atoms with Gasteiger partial charge in [-0.25, -0.2) is 0 Å². The van der Waals surface area contributed by atoms with E-state index < -0.39 is 11.8 Å². The lowest BCUT2D eigenvalue weighted by Crippen LogP contribution is -2.41. The zero-order chi connectivity index (χ0) is 20.0. The summed E-state index contributed by atoms with van der Waals surface area (Å²) in [6.07, 6.45) is 3.79. The van der Waals surface area contributed by atoms with E-state index in [0.29, 0.717) is 17.2 Å². The summed E-state index contributed by atoms with van der Waals surface area (Å²) in [6, 6.07) is 5.24. The van der Waals surface area contributed by atoms with Crippen molar-refractivity contribution in [2.45, 2.75) is 59.4 Å². The number of nitrogens with one attached hydrogen (secondary N) is 2. The first kappa shape index (κ1) is 20.9. The van der Waals surface area contributed by atoms with Crippen molar-refractivity contribution in [3.8, 4) is 0 Å². The number of hydrogen-bond acceptors (Lipinski definition) is 3. The number of amides is 3. The lowest BCUT2D eigenvalue weighted by atomic mass is 10.0. The van der Waals surface area contributed by atoms with Crippen LogP contribution in [0.1, 0.15) is 62.4 Å². The molecule has 1 aliphatic rings. The van der Waals surface area contributed by atoms with Crippen molar-refractivity contribution in [1.82, 2.24) is 10.2 Å². The van der Waals surface area contributed by atoms with Crippen molar-refractivity contribution in [3.05, 3.63) is 29.3 Å². The minimum atomic E-state index is -0.740. The van der Waals surface area contributed by atoms with Crippen molar-refractivity contribution < 1.29 is 14.4 Å². The minimum Gasteiger partial charge on any atom is -0.345 e. The van der Waals surface area contributed by atoms with Gasteiger partial charge in [0.1, 0.15) is 0 Å². The van der Waals surface area contributed by atoms with E-state index in [4.69, 9.17) is 0 Å². The highest BCUT2D eigenvalue weighted by atomic mass is 16.2. The van der Waals surface area contributed by atoms with Crippen LogP contribution in [-0.4, -0.2) is 41.8 Å². The zero-order valence-corrected chi connectivity index (χ0v) is 16.8. The molecule has 2 N–H and O–H groups in total. The van der Waals surface area contributed by atoms with Gasteiger partial charge in [0.15, 0.2) is 0 Å². The highest BCUT2D eigenvalue weighted by molar-refractivity contribution is 6.40. The van der Waals surface area contributed by atoms with E-state index in [-0.39, 0.29) is 11.9 Å². The van der Waals surface area contributed by atoms with Crippen LogP contribution in [0.5, 0.6) is 0 Å². The fourth-order valence-electron chi connectivity index (χ4n) is 3.22. The predicted octanol–water partition coefficient (Wildman–Crippen LogP) is 3.11. The summed E-state index contributed by atoms with van der Waals surface area (Å²) in [5.41, 5.74) is 1.62. The van der Waals surface area contributed by atoms with E-state index in [2.05, 4.69) is 24.5 Å². The number of likely N-dealkylation sites (tertiary alicyclic amines) is 1. The number of hydrogen-bond donors (Lipinski definition) is 2. The molecule has 0 aromatic heterocycles. The van der Waals surface area contributed by atoms with Crippen molar-refractivity contribution in [2.24, 2.45) is 5.92 Å². The predicted molar refractivity (Wildman–Crippen MR) is 107 cm³/mol. The second-order valence-corrected chi connectivity index (χ2v) is 7.80. The second kappa shape index (κ2) is 9.53. The largest absolute Gasteiger partial charge is 0.345 e. The van der Waals surface area contributed by atoms with Gasteiger partial charge in [0.25, 0.3) is 5.91 Å². The molecule has 0 radical (unpaired) electrons.